The van der Waals surface area contributed by atoms with E-state index < -0.39 is 11.2 Å². The monoisotopic (exact) mass is 617 g/mol. The summed E-state index contributed by atoms with van der Waals surface area (Å²) in [5, 5.41) is 0.611. The lowest BCUT2D eigenvalue weighted by Gasteiger charge is -2.15. The quantitative estimate of drug-likeness (QED) is 0.0639. The number of nitrogens with zero attached hydrogens (tertiary/aromatic N) is 1. The number of halogens is 2. The molecule has 0 bridgehead atoms. The van der Waals surface area contributed by atoms with Crippen molar-refractivity contribution in [2.24, 2.45) is 5.41 Å². The first-order valence-electron chi connectivity index (χ1n) is 14.5. The van der Waals surface area contributed by atoms with E-state index >= 15 is 4.39 Å². The maximum atomic E-state index is 15.2. The molecule has 1 heterocycles. The second-order valence-electron chi connectivity index (χ2n) is 10.7. The minimum atomic E-state index is -1.05. The Kier molecular flexibility index (Phi) is 9.95. The molecule has 1 fully saturated rings. The largest absolute Gasteiger partial charge is 0.493 e. The number of ketones is 2. The number of ether oxygens (including phenoxy) is 3. The van der Waals surface area contributed by atoms with E-state index in [4.69, 9.17) is 14.2 Å². The number of rotatable bonds is 15. The molecule has 9 heteroatoms. The van der Waals surface area contributed by atoms with Gasteiger partial charge in [-0.05, 0) is 79.0 Å². The number of carbonyl (C=O) groups is 2. The molecule has 1 aliphatic rings. The number of allylic oxidation sites excluding steroid dienone is 1. The number of benzene rings is 3. The normalized spacial score (nSPS) is 13.6. The second-order valence-corrected chi connectivity index (χ2v) is 11.2. The van der Waals surface area contributed by atoms with Crippen molar-refractivity contribution >= 4 is 35.1 Å². The fourth-order valence-corrected chi connectivity index (χ4v) is 5.19. The van der Waals surface area contributed by atoms with Gasteiger partial charge in [0.05, 0.1) is 24.6 Å². The molecule has 0 radical (unpaired) electrons. The zero-order valence-electron chi connectivity index (χ0n) is 24.4. The molecule has 228 valence electrons. The van der Waals surface area contributed by atoms with Crippen LogP contribution in [0.25, 0.3) is 10.9 Å². The molecule has 5 rings (SSSR count). The number of pyridine rings is 1. The average Bonchev–Trinajstić information content (AvgIpc) is 3.84. The summed E-state index contributed by atoms with van der Waals surface area (Å²) in [6.45, 7) is 0.463. The lowest BCUT2D eigenvalue weighted by atomic mass is 9.88. The van der Waals surface area contributed by atoms with Gasteiger partial charge in [-0.15, -0.1) is 0 Å². The van der Waals surface area contributed by atoms with Crippen LogP contribution in [0.3, 0.4) is 0 Å². The van der Waals surface area contributed by atoms with Gasteiger partial charge in [0, 0.05) is 30.5 Å². The minimum absolute atomic E-state index is 0.0190. The summed E-state index contributed by atoms with van der Waals surface area (Å²) in [6.07, 6.45) is 8.22. The summed E-state index contributed by atoms with van der Waals surface area (Å²) in [4.78, 5) is 30.6. The molecule has 3 aromatic carbocycles. The van der Waals surface area contributed by atoms with Crippen molar-refractivity contribution in [2.75, 3.05) is 19.5 Å². The van der Waals surface area contributed by atoms with Gasteiger partial charge >= 0.3 is 0 Å². The van der Waals surface area contributed by atoms with Gasteiger partial charge in [0.25, 0.3) is 0 Å². The molecule has 1 aromatic heterocycles. The standard InChI is InChI=1S/C35H33F2NO5S/c1-41-31-21-26-28(22-32(31)42-16-4-2-3-5-17-44)38-15-12-29(26)43-30-11-8-24(18-27(30)37)20-34(40)35(13-14-35)33(39)19-23-6-9-25(36)10-7-23/h2-3,6-12,15,18,21-22,44H,4-5,13-14,16-17,19-20H2,1H3/b3-2+. The van der Waals surface area contributed by atoms with Gasteiger partial charge in [-0.3, -0.25) is 14.6 Å². The van der Waals surface area contributed by atoms with Crippen LogP contribution in [0, 0.1) is 17.0 Å². The number of aromatic nitrogens is 1. The van der Waals surface area contributed by atoms with Crippen molar-refractivity contribution in [2.45, 2.75) is 38.5 Å². The second kappa shape index (κ2) is 14.0. The molecular formula is C35H33F2NO5S. The summed E-state index contributed by atoms with van der Waals surface area (Å²) in [6, 6.07) is 15.2. The Bertz CT molecular complexity index is 1690. The van der Waals surface area contributed by atoms with E-state index in [1.165, 1.54) is 24.3 Å². The Morgan fingerprint density at radius 2 is 1.57 bits per heavy atom. The van der Waals surface area contributed by atoms with E-state index in [1.54, 1.807) is 49.7 Å². The van der Waals surface area contributed by atoms with Crippen LogP contribution in [0.2, 0.25) is 0 Å². The lowest BCUT2D eigenvalue weighted by molar-refractivity contribution is -0.133. The molecule has 6 nitrogen and oxygen atoms in total. The number of carbonyl (C=O) groups excluding carboxylic acids is 2. The Morgan fingerprint density at radius 1 is 0.864 bits per heavy atom. The third-order valence-electron chi connectivity index (χ3n) is 7.67. The van der Waals surface area contributed by atoms with Crippen LogP contribution in [-0.2, 0) is 22.4 Å². The third-order valence-corrected chi connectivity index (χ3v) is 7.93. The van der Waals surface area contributed by atoms with Crippen molar-refractivity contribution in [1.82, 2.24) is 4.98 Å². The van der Waals surface area contributed by atoms with Gasteiger partial charge in [0.15, 0.2) is 34.6 Å². The summed E-state index contributed by atoms with van der Waals surface area (Å²) >= 11 is 4.19. The van der Waals surface area contributed by atoms with Gasteiger partial charge in [-0.2, -0.15) is 12.6 Å². The number of hydrogen-bond acceptors (Lipinski definition) is 7. The van der Waals surface area contributed by atoms with Crippen molar-refractivity contribution in [3.8, 4) is 23.0 Å². The molecule has 0 N–H and O–H groups in total. The van der Waals surface area contributed by atoms with E-state index in [-0.39, 0.29) is 36.0 Å². The van der Waals surface area contributed by atoms with Crippen LogP contribution in [0.1, 0.15) is 36.8 Å². The summed E-state index contributed by atoms with van der Waals surface area (Å²) in [5.41, 5.74) is 0.636. The number of methoxy groups -OCH3 is 1. The molecule has 0 spiro atoms. The van der Waals surface area contributed by atoms with Gasteiger partial charge in [0.2, 0.25) is 0 Å². The fraction of sp³-hybridized carbons (Fsp3) is 0.286. The summed E-state index contributed by atoms with van der Waals surface area (Å²) in [5.74, 6) is 0.729. The van der Waals surface area contributed by atoms with Crippen molar-refractivity contribution in [3.63, 3.8) is 0 Å². The Morgan fingerprint density at radius 3 is 2.25 bits per heavy atom. The first kappa shape index (κ1) is 31.2. The molecule has 0 aliphatic heterocycles. The van der Waals surface area contributed by atoms with Gasteiger partial charge in [0.1, 0.15) is 11.6 Å². The first-order valence-corrected chi connectivity index (χ1v) is 15.1. The zero-order valence-corrected chi connectivity index (χ0v) is 25.2. The number of thiol groups is 1. The molecule has 0 amide bonds. The molecule has 0 saturated heterocycles. The van der Waals surface area contributed by atoms with Crippen molar-refractivity contribution in [1.29, 1.82) is 0 Å². The molecule has 4 aromatic rings. The maximum Gasteiger partial charge on any atom is 0.166 e. The predicted molar refractivity (Wildman–Crippen MR) is 168 cm³/mol. The lowest BCUT2D eigenvalue weighted by Crippen LogP contribution is -2.28. The van der Waals surface area contributed by atoms with Crippen LogP contribution >= 0.6 is 12.6 Å². The summed E-state index contributed by atoms with van der Waals surface area (Å²) in [7, 11) is 1.54. The Hall–Kier alpha value is -4.24. The highest BCUT2D eigenvalue weighted by Gasteiger charge is 2.54. The first-order chi connectivity index (χ1) is 21.3. The maximum absolute atomic E-state index is 15.2. The molecule has 0 atom stereocenters. The van der Waals surface area contributed by atoms with E-state index in [0.29, 0.717) is 58.7 Å². The SMILES string of the molecule is COc1cc2c(Oc3ccc(CC(=O)C4(C(=O)Cc5ccc(F)cc5)CC4)cc3F)ccnc2cc1OCC/C=C/CCS. The smallest absolute Gasteiger partial charge is 0.166 e. The van der Waals surface area contributed by atoms with Crippen LogP contribution in [0.5, 0.6) is 23.0 Å². The summed E-state index contributed by atoms with van der Waals surface area (Å²) < 4.78 is 45.9. The van der Waals surface area contributed by atoms with Gasteiger partial charge < -0.3 is 14.2 Å². The van der Waals surface area contributed by atoms with E-state index in [9.17, 15) is 14.0 Å². The highest BCUT2D eigenvalue weighted by molar-refractivity contribution is 7.80. The Labute approximate surface area is 260 Å². The van der Waals surface area contributed by atoms with Crippen molar-refractivity contribution in [3.05, 3.63) is 102 Å². The van der Waals surface area contributed by atoms with Crippen LogP contribution < -0.4 is 14.2 Å². The van der Waals surface area contributed by atoms with Crippen LogP contribution in [0.4, 0.5) is 8.78 Å². The third kappa shape index (κ3) is 7.27. The number of hydrogen-bond donors (Lipinski definition) is 1. The predicted octanol–water partition coefficient (Wildman–Crippen LogP) is 7.66. The molecule has 1 aliphatic carbocycles. The highest BCUT2D eigenvalue weighted by Crippen LogP contribution is 2.49. The number of fused-ring (bicyclic) bond motifs is 1. The van der Waals surface area contributed by atoms with Crippen LogP contribution in [0.15, 0.2) is 79.0 Å². The molecular weight excluding hydrogens is 584 g/mol. The fourth-order valence-electron chi connectivity index (χ4n) is 5.04. The minimum Gasteiger partial charge on any atom is -0.493 e. The van der Waals surface area contributed by atoms with Gasteiger partial charge in [-0.25, -0.2) is 8.78 Å². The van der Waals surface area contributed by atoms with Crippen LogP contribution in [-0.4, -0.2) is 36.0 Å². The number of Topliss-reactive ketones (excluding diaryl/α,β-unsaturated/α-hetero) is 2. The highest BCUT2D eigenvalue weighted by atomic mass is 32.1. The van der Waals surface area contributed by atoms with E-state index in [2.05, 4.69) is 23.7 Å². The Balaban J connectivity index is 1.26. The van der Waals surface area contributed by atoms with Crippen molar-refractivity contribution < 1.29 is 32.6 Å². The van der Waals surface area contributed by atoms with Gasteiger partial charge in [-0.1, -0.05) is 30.4 Å². The zero-order chi connectivity index (χ0) is 31.1. The van der Waals surface area contributed by atoms with E-state index in [0.717, 1.165) is 18.6 Å². The molecule has 44 heavy (non-hydrogen) atoms. The molecule has 1 saturated carbocycles. The average molecular weight is 618 g/mol. The van der Waals surface area contributed by atoms with E-state index in [1.807, 2.05) is 6.08 Å². The molecule has 0 unspecified atom stereocenters. The topological polar surface area (TPSA) is 74.7 Å².